The summed E-state index contributed by atoms with van der Waals surface area (Å²) in [6, 6.07) is 0. The van der Waals surface area contributed by atoms with Gasteiger partial charge in [0.2, 0.25) is 0 Å². The third kappa shape index (κ3) is 120. The number of carboxylic acid groups (broad SMARTS) is 2. The van der Waals surface area contributed by atoms with Crippen LogP contribution in [0.4, 0.5) is 0 Å². The average Bonchev–Trinajstić information content (AvgIpc) is 2.39. The normalized spacial score (nSPS) is 7.05. The Hall–Kier alpha value is 0.439. The smallest absolute Gasteiger partial charge is 0.787 e. The van der Waals surface area contributed by atoms with Crippen molar-refractivity contribution in [2.75, 3.05) is 11.5 Å². The second kappa shape index (κ2) is 36.2. The monoisotopic (exact) mass is 418 g/mol. The van der Waals surface area contributed by atoms with Crippen molar-refractivity contribution in [2.24, 2.45) is 0 Å². The topological polar surface area (TPSA) is 77.4 Å². The van der Waals surface area contributed by atoms with Crippen LogP contribution in [0, 0.1) is 0 Å². The van der Waals surface area contributed by atoms with E-state index in [0.29, 0.717) is 0 Å². The molecule has 0 saturated heterocycles. The van der Waals surface area contributed by atoms with E-state index in [1.54, 1.807) is 0 Å². The van der Waals surface area contributed by atoms with Gasteiger partial charge in [0.25, 0.3) is 0 Å². The van der Waals surface area contributed by atoms with Crippen molar-refractivity contribution in [1.82, 2.24) is 0 Å². The summed E-state index contributed by atoms with van der Waals surface area (Å²) in [6.45, 7) is 8.72. The van der Waals surface area contributed by atoms with E-state index in [1.165, 1.54) is 25.7 Å². The third-order valence-corrected chi connectivity index (χ3v) is 1.76. The SMILES string of the molecule is CCCC.CCCC.O=C(O)CS.O=C([O-])C[S-].[Sn+2]. The Bertz CT molecular complexity index is 148. The molecule has 7 heteroatoms. The number of carbonyl (C=O) groups is 2. The fourth-order valence-corrected chi connectivity index (χ4v) is 0. The van der Waals surface area contributed by atoms with Crippen molar-refractivity contribution in [3.05, 3.63) is 0 Å². The van der Waals surface area contributed by atoms with Gasteiger partial charge in [-0.1, -0.05) is 53.4 Å². The minimum absolute atomic E-state index is 0. The van der Waals surface area contributed by atoms with Gasteiger partial charge in [-0.2, -0.15) is 12.6 Å². The molecule has 4 nitrogen and oxygen atoms in total. The molecule has 0 atom stereocenters. The zero-order valence-electron chi connectivity index (χ0n) is 12.3. The zero-order valence-corrected chi connectivity index (χ0v) is 16.8. The van der Waals surface area contributed by atoms with Gasteiger partial charge in [-0.15, -0.1) is 5.75 Å². The fraction of sp³-hybridized carbons (Fsp3) is 0.833. The van der Waals surface area contributed by atoms with E-state index in [0.717, 1.165) is 0 Å². The number of rotatable bonds is 4. The van der Waals surface area contributed by atoms with Crippen molar-refractivity contribution in [3.63, 3.8) is 0 Å². The summed E-state index contributed by atoms with van der Waals surface area (Å²) >= 11 is 7.43. The van der Waals surface area contributed by atoms with Crippen molar-refractivity contribution in [2.45, 2.75) is 53.4 Å². The summed E-state index contributed by atoms with van der Waals surface area (Å²) in [5.41, 5.74) is 0. The molecule has 0 heterocycles. The Balaban J connectivity index is -0.0000000453. The number of carbonyl (C=O) groups excluding carboxylic acids is 1. The minimum atomic E-state index is -1.18. The van der Waals surface area contributed by atoms with Gasteiger partial charge in [0, 0.05) is 5.97 Å². The van der Waals surface area contributed by atoms with Crippen LogP contribution in [0.1, 0.15) is 53.4 Å². The van der Waals surface area contributed by atoms with E-state index in [-0.39, 0.29) is 35.4 Å². The van der Waals surface area contributed by atoms with Crippen LogP contribution in [-0.2, 0) is 22.2 Å². The molecule has 0 aliphatic rings. The first-order valence-corrected chi connectivity index (χ1v) is 7.19. The molecule has 19 heavy (non-hydrogen) atoms. The fourth-order valence-electron chi connectivity index (χ4n) is 0. The Morgan fingerprint density at radius 3 is 1.21 bits per heavy atom. The van der Waals surface area contributed by atoms with Crippen LogP contribution in [-0.4, -0.2) is 52.5 Å². The van der Waals surface area contributed by atoms with Gasteiger partial charge in [-0.25, -0.2) is 0 Å². The molecule has 2 radical (unpaired) electrons. The van der Waals surface area contributed by atoms with Crippen LogP contribution < -0.4 is 5.11 Å². The molecule has 0 saturated carbocycles. The summed E-state index contributed by atoms with van der Waals surface area (Å²) in [6.07, 6.45) is 5.28. The molecular weight excluding hydrogens is 391 g/mol. The van der Waals surface area contributed by atoms with E-state index >= 15 is 0 Å². The van der Waals surface area contributed by atoms with E-state index in [4.69, 9.17) is 15.0 Å². The van der Waals surface area contributed by atoms with Crippen LogP contribution in [0.3, 0.4) is 0 Å². The molecule has 0 bridgehead atoms. The molecular formula is C12H26O4S2Sn. The Kier molecular flexibility index (Phi) is 60.5. The number of hydrogen-bond donors (Lipinski definition) is 2. The molecule has 0 spiro atoms. The molecule has 0 fully saturated rings. The van der Waals surface area contributed by atoms with Crippen LogP contribution >= 0.6 is 12.6 Å². The number of aliphatic carboxylic acids is 2. The molecule has 0 aliphatic heterocycles. The maximum atomic E-state index is 9.29. The molecule has 0 rings (SSSR count). The molecule has 1 N–H and O–H groups in total. The third-order valence-electron chi connectivity index (χ3n) is 1.25. The van der Waals surface area contributed by atoms with Gasteiger partial charge < -0.3 is 27.6 Å². The van der Waals surface area contributed by atoms with Crippen LogP contribution in [0.25, 0.3) is 0 Å². The van der Waals surface area contributed by atoms with Crippen LogP contribution in [0.15, 0.2) is 0 Å². The Morgan fingerprint density at radius 1 is 1.05 bits per heavy atom. The first-order chi connectivity index (χ1) is 8.37. The largest absolute Gasteiger partial charge is 2.00 e. The van der Waals surface area contributed by atoms with Gasteiger partial charge in [-0.05, 0) is 0 Å². The first kappa shape index (κ1) is 31.7. The second-order valence-corrected chi connectivity index (χ2v) is 3.67. The van der Waals surface area contributed by atoms with Crippen molar-refractivity contribution in [1.29, 1.82) is 0 Å². The van der Waals surface area contributed by atoms with Crippen molar-refractivity contribution >= 4 is 61.1 Å². The second-order valence-electron chi connectivity index (χ2n) is 3.07. The molecule has 0 aliphatic carbocycles. The maximum Gasteiger partial charge on any atom is 2.00 e. The summed E-state index contributed by atoms with van der Waals surface area (Å²) in [7, 11) is 0. The molecule has 0 aromatic carbocycles. The number of carboxylic acids is 2. The predicted molar refractivity (Wildman–Crippen MR) is 85.6 cm³/mol. The van der Waals surface area contributed by atoms with E-state index in [9.17, 15) is 4.79 Å². The van der Waals surface area contributed by atoms with Crippen molar-refractivity contribution in [3.8, 4) is 0 Å². The number of unbranched alkanes of at least 4 members (excludes halogenated alkanes) is 2. The maximum absolute atomic E-state index is 9.29. The van der Waals surface area contributed by atoms with Crippen LogP contribution in [0.5, 0.6) is 0 Å². The summed E-state index contributed by atoms with van der Waals surface area (Å²) in [5.74, 6) is -2.45. The summed E-state index contributed by atoms with van der Waals surface area (Å²) in [4.78, 5) is 18.4. The predicted octanol–water partition coefficient (Wildman–Crippen LogP) is 1.52. The Morgan fingerprint density at radius 2 is 1.21 bits per heavy atom. The Labute approximate surface area is 145 Å². The van der Waals surface area contributed by atoms with Gasteiger partial charge in [0.15, 0.2) is 0 Å². The van der Waals surface area contributed by atoms with Gasteiger partial charge in [-0.3, -0.25) is 4.79 Å². The summed E-state index contributed by atoms with van der Waals surface area (Å²) < 4.78 is 0. The van der Waals surface area contributed by atoms with Crippen LogP contribution in [0.2, 0.25) is 0 Å². The molecule has 0 unspecified atom stereocenters. The molecule has 0 amide bonds. The number of hydrogen-bond acceptors (Lipinski definition) is 5. The van der Waals surface area contributed by atoms with Gasteiger partial charge >= 0.3 is 29.9 Å². The molecule has 114 valence electrons. The number of thiol groups is 1. The van der Waals surface area contributed by atoms with Gasteiger partial charge in [0.1, 0.15) is 0 Å². The van der Waals surface area contributed by atoms with Gasteiger partial charge in [0.05, 0.1) is 5.75 Å². The summed E-state index contributed by atoms with van der Waals surface area (Å²) in [5, 5.41) is 16.8. The molecule has 0 aromatic heterocycles. The van der Waals surface area contributed by atoms with E-state index in [1.807, 2.05) is 0 Å². The average molecular weight is 417 g/mol. The standard InChI is InChI=1S/2C4H10.2C2H4O2S.Sn/c2*1-3-4-2;2*3-2(4)1-5;/h2*3-4H2,1-2H3;2*5H,1H2,(H,3,4);/q;;;;+2/p-2. The first-order valence-electron chi connectivity index (χ1n) is 5.98. The van der Waals surface area contributed by atoms with E-state index in [2.05, 4.69) is 53.0 Å². The minimum Gasteiger partial charge on any atom is -0.787 e. The molecule has 0 aromatic rings. The van der Waals surface area contributed by atoms with E-state index < -0.39 is 11.9 Å². The zero-order chi connectivity index (χ0) is 15.4. The van der Waals surface area contributed by atoms with Crippen molar-refractivity contribution < 1.29 is 19.8 Å². The quantitative estimate of drug-likeness (QED) is 0.412.